The number of aliphatic carboxylic acids is 1. The molecule has 1 aliphatic carbocycles. The maximum absolute atomic E-state index is 10.9. The van der Waals surface area contributed by atoms with Crippen molar-refractivity contribution in [1.29, 1.82) is 0 Å². The van der Waals surface area contributed by atoms with Gasteiger partial charge in [0.05, 0.1) is 5.92 Å². The maximum Gasteiger partial charge on any atom is 0.308 e. The van der Waals surface area contributed by atoms with Gasteiger partial charge < -0.3 is 9.67 Å². The van der Waals surface area contributed by atoms with E-state index in [1.54, 1.807) is 0 Å². The molecule has 2 unspecified atom stereocenters. The molecule has 0 amide bonds. The maximum atomic E-state index is 10.9. The zero-order chi connectivity index (χ0) is 13.6. The van der Waals surface area contributed by atoms with E-state index in [1.807, 2.05) is 26.2 Å². The number of rotatable bonds is 4. The Bertz CT molecular complexity index is 632. The second-order valence-corrected chi connectivity index (χ2v) is 5.45. The van der Waals surface area contributed by atoms with Crippen LogP contribution in [0.2, 0.25) is 0 Å². The Hall–Kier alpha value is -1.81. The van der Waals surface area contributed by atoms with Crippen molar-refractivity contribution < 1.29 is 9.90 Å². The van der Waals surface area contributed by atoms with Crippen molar-refractivity contribution in [3.63, 3.8) is 0 Å². The lowest BCUT2D eigenvalue weighted by molar-refractivity contribution is -0.138. The van der Waals surface area contributed by atoms with E-state index >= 15 is 0 Å². The molecule has 1 saturated carbocycles. The monoisotopic (exact) mass is 258 g/mol. The van der Waals surface area contributed by atoms with Crippen LogP contribution in [0.3, 0.4) is 0 Å². The quantitative estimate of drug-likeness (QED) is 0.913. The Balaban J connectivity index is 1.81. The first kappa shape index (κ1) is 12.2. The summed E-state index contributed by atoms with van der Waals surface area (Å²) in [6, 6.07) is 8.51. The SMILES string of the molecule is CN(Cc1cn(C)c2ccccc12)C1CC1C(=O)O. The fourth-order valence-corrected chi connectivity index (χ4v) is 2.87. The summed E-state index contributed by atoms with van der Waals surface area (Å²) in [7, 11) is 4.05. The molecule has 0 saturated heterocycles. The van der Waals surface area contributed by atoms with Gasteiger partial charge in [0.1, 0.15) is 0 Å². The van der Waals surface area contributed by atoms with Gasteiger partial charge in [-0.25, -0.2) is 0 Å². The molecular formula is C15H18N2O2. The highest BCUT2D eigenvalue weighted by atomic mass is 16.4. The first-order chi connectivity index (χ1) is 9.08. The third kappa shape index (κ3) is 2.12. The molecule has 19 heavy (non-hydrogen) atoms. The van der Waals surface area contributed by atoms with E-state index in [2.05, 4.69) is 27.8 Å². The molecule has 1 aliphatic rings. The zero-order valence-electron chi connectivity index (χ0n) is 11.2. The summed E-state index contributed by atoms with van der Waals surface area (Å²) in [6.07, 6.45) is 2.91. The summed E-state index contributed by atoms with van der Waals surface area (Å²) in [6.45, 7) is 0.801. The molecule has 1 N–H and O–H groups in total. The van der Waals surface area contributed by atoms with Crippen LogP contribution >= 0.6 is 0 Å². The molecule has 0 radical (unpaired) electrons. The van der Waals surface area contributed by atoms with Gasteiger partial charge in [-0.2, -0.15) is 0 Å². The number of hydrogen-bond acceptors (Lipinski definition) is 2. The Labute approximate surface area is 112 Å². The van der Waals surface area contributed by atoms with Crippen LogP contribution in [-0.2, 0) is 18.4 Å². The van der Waals surface area contributed by atoms with Crippen LogP contribution in [0.15, 0.2) is 30.5 Å². The van der Waals surface area contributed by atoms with Gasteiger partial charge in [0.25, 0.3) is 0 Å². The van der Waals surface area contributed by atoms with Crippen LogP contribution in [0.1, 0.15) is 12.0 Å². The smallest absolute Gasteiger partial charge is 0.308 e. The van der Waals surface area contributed by atoms with Gasteiger partial charge in [-0.3, -0.25) is 9.69 Å². The predicted molar refractivity (Wildman–Crippen MR) is 73.9 cm³/mol. The van der Waals surface area contributed by atoms with Crippen molar-refractivity contribution in [2.45, 2.75) is 19.0 Å². The third-order valence-electron chi connectivity index (χ3n) is 4.04. The van der Waals surface area contributed by atoms with Crippen molar-refractivity contribution in [2.24, 2.45) is 13.0 Å². The fraction of sp³-hybridized carbons (Fsp3) is 0.400. The van der Waals surface area contributed by atoms with Crippen molar-refractivity contribution in [3.05, 3.63) is 36.0 Å². The predicted octanol–water partition coefficient (Wildman–Crippen LogP) is 2.08. The molecule has 0 spiro atoms. The number of carboxylic acid groups (broad SMARTS) is 1. The zero-order valence-corrected chi connectivity index (χ0v) is 11.2. The van der Waals surface area contributed by atoms with Gasteiger partial charge in [0, 0.05) is 36.7 Å². The molecule has 0 aliphatic heterocycles. The van der Waals surface area contributed by atoms with E-state index < -0.39 is 5.97 Å². The number of nitrogens with zero attached hydrogens (tertiary/aromatic N) is 2. The van der Waals surface area contributed by atoms with Crippen LogP contribution in [0.4, 0.5) is 0 Å². The van der Waals surface area contributed by atoms with Gasteiger partial charge >= 0.3 is 5.97 Å². The summed E-state index contributed by atoms with van der Waals surface area (Å²) in [5, 5.41) is 10.2. The average Bonchev–Trinajstić information content (AvgIpc) is 3.13. The van der Waals surface area contributed by atoms with E-state index in [-0.39, 0.29) is 12.0 Å². The molecule has 0 bridgehead atoms. The fourth-order valence-electron chi connectivity index (χ4n) is 2.87. The first-order valence-electron chi connectivity index (χ1n) is 6.54. The topological polar surface area (TPSA) is 45.5 Å². The normalized spacial score (nSPS) is 22.1. The summed E-state index contributed by atoms with van der Waals surface area (Å²) < 4.78 is 2.13. The molecule has 1 fully saturated rings. The Morgan fingerprint density at radius 2 is 2.21 bits per heavy atom. The number of benzene rings is 1. The number of carbonyl (C=O) groups is 1. The highest BCUT2D eigenvalue weighted by Gasteiger charge is 2.45. The number of fused-ring (bicyclic) bond motifs is 1. The van der Waals surface area contributed by atoms with Crippen LogP contribution in [0.5, 0.6) is 0 Å². The van der Waals surface area contributed by atoms with E-state index in [0.29, 0.717) is 0 Å². The Morgan fingerprint density at radius 3 is 2.89 bits per heavy atom. The minimum Gasteiger partial charge on any atom is -0.481 e. The molecule has 4 nitrogen and oxygen atoms in total. The van der Waals surface area contributed by atoms with Crippen molar-refractivity contribution in [2.75, 3.05) is 7.05 Å². The third-order valence-corrected chi connectivity index (χ3v) is 4.04. The van der Waals surface area contributed by atoms with Crippen LogP contribution < -0.4 is 0 Å². The summed E-state index contributed by atoms with van der Waals surface area (Å²) >= 11 is 0. The van der Waals surface area contributed by atoms with Gasteiger partial charge in [0.2, 0.25) is 0 Å². The van der Waals surface area contributed by atoms with Crippen LogP contribution in [0.25, 0.3) is 10.9 Å². The lowest BCUT2D eigenvalue weighted by Crippen LogP contribution is -2.23. The second-order valence-electron chi connectivity index (χ2n) is 5.45. The first-order valence-corrected chi connectivity index (χ1v) is 6.54. The lowest BCUT2D eigenvalue weighted by atomic mass is 10.1. The van der Waals surface area contributed by atoms with Gasteiger partial charge in [-0.15, -0.1) is 0 Å². The highest BCUT2D eigenvalue weighted by molar-refractivity contribution is 5.83. The number of aromatic nitrogens is 1. The molecule has 1 aromatic carbocycles. The van der Waals surface area contributed by atoms with E-state index in [9.17, 15) is 4.79 Å². The van der Waals surface area contributed by atoms with Crippen molar-refractivity contribution >= 4 is 16.9 Å². The highest BCUT2D eigenvalue weighted by Crippen LogP contribution is 2.36. The van der Waals surface area contributed by atoms with E-state index in [1.165, 1.54) is 16.5 Å². The van der Waals surface area contributed by atoms with Crippen LogP contribution in [0, 0.1) is 5.92 Å². The average molecular weight is 258 g/mol. The van der Waals surface area contributed by atoms with Gasteiger partial charge in [-0.05, 0) is 25.1 Å². The molecule has 1 aromatic heterocycles. The van der Waals surface area contributed by atoms with Gasteiger partial charge in [-0.1, -0.05) is 18.2 Å². The molecule has 100 valence electrons. The largest absolute Gasteiger partial charge is 0.481 e. The van der Waals surface area contributed by atoms with Crippen molar-refractivity contribution in [1.82, 2.24) is 9.47 Å². The Morgan fingerprint density at radius 1 is 1.47 bits per heavy atom. The van der Waals surface area contributed by atoms with Crippen LogP contribution in [-0.4, -0.2) is 33.6 Å². The standard InChI is InChI=1S/C15H18N2O2/c1-16-8-10(11-5-3-4-6-13(11)16)9-17(2)14-7-12(14)15(18)19/h3-6,8,12,14H,7,9H2,1-2H3,(H,18,19). The molecule has 3 rings (SSSR count). The molecule has 2 atom stereocenters. The minimum atomic E-state index is -0.672. The van der Waals surface area contributed by atoms with E-state index in [4.69, 9.17) is 5.11 Å². The number of para-hydroxylation sites is 1. The summed E-state index contributed by atoms with van der Waals surface area (Å²) in [4.78, 5) is 13.1. The van der Waals surface area contributed by atoms with Crippen molar-refractivity contribution in [3.8, 4) is 0 Å². The second kappa shape index (κ2) is 4.38. The number of aryl methyl sites for hydroxylation is 1. The lowest BCUT2D eigenvalue weighted by Gasteiger charge is -2.15. The molecule has 2 aromatic rings. The molecule has 4 heteroatoms. The number of carboxylic acids is 1. The number of hydrogen-bond donors (Lipinski definition) is 1. The van der Waals surface area contributed by atoms with Gasteiger partial charge in [0.15, 0.2) is 0 Å². The summed E-state index contributed by atoms with van der Waals surface area (Å²) in [5.74, 6) is -0.852. The summed E-state index contributed by atoms with van der Waals surface area (Å²) in [5.41, 5.74) is 2.48. The molecule has 1 heterocycles. The Kier molecular flexibility index (Phi) is 2.82. The minimum absolute atomic E-state index is 0.181. The van der Waals surface area contributed by atoms with E-state index in [0.717, 1.165) is 13.0 Å². The molecular weight excluding hydrogens is 240 g/mol.